The van der Waals surface area contributed by atoms with E-state index in [1.54, 1.807) is 14.0 Å². The van der Waals surface area contributed by atoms with Crippen molar-refractivity contribution in [2.75, 3.05) is 26.8 Å². The van der Waals surface area contributed by atoms with Crippen molar-refractivity contribution in [2.24, 2.45) is 4.99 Å². The quantitative estimate of drug-likeness (QED) is 0.308. The van der Waals surface area contributed by atoms with Gasteiger partial charge < -0.3 is 24.6 Å². The SMILES string of the molecule is CCOc1ccc(C(C)NC(=NC)NCCc2nc(C)no2)cc1OCC.I. The zero-order valence-corrected chi connectivity index (χ0v) is 19.4. The van der Waals surface area contributed by atoms with Crippen LogP contribution in [0, 0.1) is 6.92 Å². The number of nitrogens with zero attached hydrogens (tertiary/aromatic N) is 3. The zero-order chi connectivity index (χ0) is 19.6. The van der Waals surface area contributed by atoms with Gasteiger partial charge in [-0.2, -0.15) is 4.98 Å². The molecule has 0 fully saturated rings. The van der Waals surface area contributed by atoms with Crippen LogP contribution in [0.1, 0.15) is 44.1 Å². The third kappa shape index (κ3) is 7.17. The first-order chi connectivity index (χ1) is 13.1. The maximum absolute atomic E-state index is 5.71. The van der Waals surface area contributed by atoms with E-state index in [0.29, 0.717) is 43.9 Å². The molecule has 0 aliphatic rings. The lowest BCUT2D eigenvalue weighted by atomic mass is 10.1. The van der Waals surface area contributed by atoms with Crippen LogP contribution in [0.2, 0.25) is 0 Å². The summed E-state index contributed by atoms with van der Waals surface area (Å²) in [6.07, 6.45) is 0.632. The number of benzene rings is 1. The van der Waals surface area contributed by atoms with Gasteiger partial charge >= 0.3 is 0 Å². The zero-order valence-electron chi connectivity index (χ0n) is 17.1. The van der Waals surface area contributed by atoms with E-state index in [-0.39, 0.29) is 30.0 Å². The third-order valence-electron chi connectivity index (χ3n) is 3.85. The Morgan fingerprint density at radius 3 is 2.54 bits per heavy atom. The number of ether oxygens (including phenoxy) is 2. The number of rotatable bonds is 9. The van der Waals surface area contributed by atoms with Crippen LogP contribution in [0.15, 0.2) is 27.7 Å². The number of guanidine groups is 1. The van der Waals surface area contributed by atoms with Crippen molar-refractivity contribution in [3.63, 3.8) is 0 Å². The average molecular weight is 503 g/mol. The predicted molar refractivity (Wildman–Crippen MR) is 120 cm³/mol. The summed E-state index contributed by atoms with van der Waals surface area (Å²) < 4.78 is 16.4. The van der Waals surface area contributed by atoms with Crippen LogP contribution in [-0.2, 0) is 6.42 Å². The second-order valence-electron chi connectivity index (χ2n) is 5.92. The van der Waals surface area contributed by atoms with E-state index in [1.165, 1.54) is 0 Å². The minimum atomic E-state index is 0. The van der Waals surface area contributed by atoms with Gasteiger partial charge in [0.1, 0.15) is 0 Å². The van der Waals surface area contributed by atoms with Crippen LogP contribution in [-0.4, -0.2) is 42.9 Å². The molecule has 0 amide bonds. The summed E-state index contributed by atoms with van der Waals surface area (Å²) >= 11 is 0. The number of nitrogens with one attached hydrogen (secondary N) is 2. The Bertz CT molecular complexity index is 751. The number of halogens is 1. The third-order valence-corrected chi connectivity index (χ3v) is 3.85. The summed E-state index contributed by atoms with van der Waals surface area (Å²) in [4.78, 5) is 8.46. The number of hydrogen-bond donors (Lipinski definition) is 2. The molecule has 0 saturated carbocycles. The van der Waals surface area contributed by atoms with Crippen LogP contribution >= 0.6 is 24.0 Å². The number of aromatic nitrogens is 2. The lowest BCUT2D eigenvalue weighted by Crippen LogP contribution is -2.39. The molecule has 2 rings (SSSR count). The predicted octanol–water partition coefficient (Wildman–Crippen LogP) is 3.26. The lowest BCUT2D eigenvalue weighted by molar-refractivity contribution is 0.287. The molecule has 8 nitrogen and oxygen atoms in total. The molecule has 156 valence electrons. The van der Waals surface area contributed by atoms with Crippen LogP contribution in [0.3, 0.4) is 0 Å². The summed E-state index contributed by atoms with van der Waals surface area (Å²) in [6.45, 7) is 9.62. The Kier molecular flexibility index (Phi) is 10.6. The van der Waals surface area contributed by atoms with Gasteiger partial charge in [-0.25, -0.2) is 0 Å². The fraction of sp³-hybridized carbons (Fsp3) is 0.526. The lowest BCUT2D eigenvalue weighted by Gasteiger charge is -2.20. The Labute approximate surface area is 183 Å². The standard InChI is InChI=1S/C19H29N5O3.HI/c1-6-25-16-9-8-15(12-17(16)26-7-2)13(3)22-19(20-5)21-11-10-18-23-14(4)24-27-18;/h8-9,12-13H,6-7,10-11H2,1-5H3,(H2,20,21,22);1H. The van der Waals surface area contributed by atoms with Gasteiger partial charge in [-0.1, -0.05) is 11.2 Å². The highest BCUT2D eigenvalue weighted by atomic mass is 127. The molecule has 28 heavy (non-hydrogen) atoms. The summed E-state index contributed by atoms with van der Waals surface area (Å²) in [5, 5.41) is 10.4. The van der Waals surface area contributed by atoms with Crippen molar-refractivity contribution >= 4 is 29.9 Å². The molecule has 0 spiro atoms. The van der Waals surface area contributed by atoms with Crippen LogP contribution in [0.4, 0.5) is 0 Å². The number of hydrogen-bond acceptors (Lipinski definition) is 6. The summed E-state index contributed by atoms with van der Waals surface area (Å²) in [6, 6.07) is 6.01. The van der Waals surface area contributed by atoms with Crippen LogP contribution < -0.4 is 20.1 Å². The average Bonchev–Trinajstić information content (AvgIpc) is 3.07. The van der Waals surface area contributed by atoms with E-state index in [1.807, 2.05) is 32.0 Å². The van der Waals surface area contributed by atoms with Crippen molar-refractivity contribution in [1.29, 1.82) is 0 Å². The first kappa shape index (κ1) is 24.0. The number of aryl methyl sites for hydroxylation is 1. The van der Waals surface area contributed by atoms with Gasteiger partial charge in [0.2, 0.25) is 5.89 Å². The van der Waals surface area contributed by atoms with Crippen molar-refractivity contribution in [2.45, 2.75) is 40.2 Å². The monoisotopic (exact) mass is 503 g/mol. The summed E-state index contributed by atoms with van der Waals surface area (Å²) in [5.74, 6) is 3.46. The molecule has 0 saturated heterocycles. The van der Waals surface area contributed by atoms with E-state index in [4.69, 9.17) is 14.0 Å². The molecular weight excluding hydrogens is 473 g/mol. The van der Waals surface area contributed by atoms with Gasteiger partial charge in [0, 0.05) is 20.0 Å². The highest BCUT2D eigenvalue weighted by molar-refractivity contribution is 14.0. The van der Waals surface area contributed by atoms with Gasteiger partial charge in [0.15, 0.2) is 23.3 Å². The Morgan fingerprint density at radius 2 is 1.93 bits per heavy atom. The second-order valence-corrected chi connectivity index (χ2v) is 5.92. The maximum atomic E-state index is 5.71. The fourth-order valence-corrected chi connectivity index (χ4v) is 2.55. The van der Waals surface area contributed by atoms with Crippen molar-refractivity contribution in [3.8, 4) is 11.5 Å². The van der Waals surface area contributed by atoms with Crippen molar-refractivity contribution in [3.05, 3.63) is 35.5 Å². The topological polar surface area (TPSA) is 93.8 Å². The molecule has 0 bridgehead atoms. The Balaban J connectivity index is 0.00000392. The Hall–Kier alpha value is -2.04. The molecule has 2 aromatic rings. The molecule has 1 heterocycles. The molecular formula is C19H30IN5O3. The van der Waals surface area contributed by atoms with E-state index < -0.39 is 0 Å². The fourth-order valence-electron chi connectivity index (χ4n) is 2.55. The van der Waals surface area contributed by atoms with Gasteiger partial charge in [0.25, 0.3) is 0 Å². The second kappa shape index (κ2) is 12.4. The van der Waals surface area contributed by atoms with E-state index in [0.717, 1.165) is 17.1 Å². The Morgan fingerprint density at radius 1 is 1.21 bits per heavy atom. The number of aliphatic imine (C=N–C) groups is 1. The highest BCUT2D eigenvalue weighted by Gasteiger charge is 2.12. The van der Waals surface area contributed by atoms with E-state index >= 15 is 0 Å². The van der Waals surface area contributed by atoms with E-state index in [9.17, 15) is 0 Å². The van der Waals surface area contributed by atoms with Crippen LogP contribution in [0.5, 0.6) is 11.5 Å². The van der Waals surface area contributed by atoms with E-state index in [2.05, 4.69) is 32.7 Å². The molecule has 1 atom stereocenters. The highest BCUT2D eigenvalue weighted by Crippen LogP contribution is 2.30. The molecule has 2 N–H and O–H groups in total. The van der Waals surface area contributed by atoms with Gasteiger partial charge in [-0.15, -0.1) is 24.0 Å². The van der Waals surface area contributed by atoms with Crippen molar-refractivity contribution in [1.82, 2.24) is 20.8 Å². The maximum Gasteiger partial charge on any atom is 0.228 e. The minimum Gasteiger partial charge on any atom is -0.490 e. The summed E-state index contributed by atoms with van der Waals surface area (Å²) in [7, 11) is 1.74. The first-order valence-electron chi connectivity index (χ1n) is 9.23. The molecule has 0 aliphatic carbocycles. The van der Waals surface area contributed by atoms with Gasteiger partial charge in [-0.05, 0) is 45.4 Å². The molecule has 9 heteroatoms. The molecule has 0 radical (unpaired) electrons. The normalized spacial score (nSPS) is 12.1. The molecule has 1 aromatic heterocycles. The summed E-state index contributed by atoms with van der Waals surface area (Å²) in [5.41, 5.74) is 1.08. The molecule has 0 aliphatic heterocycles. The molecule has 1 aromatic carbocycles. The van der Waals surface area contributed by atoms with Gasteiger partial charge in [0.05, 0.1) is 19.3 Å². The minimum absolute atomic E-state index is 0. The smallest absolute Gasteiger partial charge is 0.228 e. The first-order valence-corrected chi connectivity index (χ1v) is 9.23. The van der Waals surface area contributed by atoms with Crippen molar-refractivity contribution < 1.29 is 14.0 Å². The largest absolute Gasteiger partial charge is 0.490 e. The van der Waals surface area contributed by atoms with Crippen LogP contribution in [0.25, 0.3) is 0 Å². The van der Waals surface area contributed by atoms with Gasteiger partial charge in [-0.3, -0.25) is 4.99 Å². The molecule has 1 unspecified atom stereocenters.